The number of hydrogen-bond donors (Lipinski definition) is 2. The van der Waals surface area contributed by atoms with E-state index in [4.69, 9.17) is 33.0 Å². The van der Waals surface area contributed by atoms with Crippen LogP contribution in [0.2, 0.25) is 10.0 Å². The van der Waals surface area contributed by atoms with Gasteiger partial charge in [0, 0.05) is 5.69 Å². The summed E-state index contributed by atoms with van der Waals surface area (Å²) < 4.78 is 5.72. The second kappa shape index (κ2) is 10.5. The van der Waals surface area contributed by atoms with E-state index in [0.717, 1.165) is 5.56 Å². The van der Waals surface area contributed by atoms with Gasteiger partial charge in [-0.2, -0.15) is 5.26 Å². The Morgan fingerprint density at radius 3 is 2.28 bits per heavy atom. The van der Waals surface area contributed by atoms with Crippen molar-refractivity contribution in [3.63, 3.8) is 0 Å². The maximum atomic E-state index is 12.4. The van der Waals surface area contributed by atoms with Crippen molar-refractivity contribution in [1.82, 2.24) is 0 Å². The SMILES string of the molecule is N#C/C(=C\c1ccc(OCc2ccc(Cl)c(Cl)c2)cc1)C(=O)Nc1ccc(C(=O)O)cc1. The number of anilines is 1. The Labute approximate surface area is 194 Å². The molecule has 1 amide bonds. The number of ether oxygens (including phenoxy) is 1. The van der Waals surface area contributed by atoms with Gasteiger partial charge in [-0.05, 0) is 65.7 Å². The highest BCUT2D eigenvalue weighted by atomic mass is 35.5. The summed E-state index contributed by atoms with van der Waals surface area (Å²) in [5, 5.41) is 21.8. The molecule has 8 heteroatoms. The van der Waals surface area contributed by atoms with Gasteiger partial charge < -0.3 is 15.2 Å². The molecule has 160 valence electrons. The quantitative estimate of drug-likeness (QED) is 0.337. The Balaban J connectivity index is 1.63. The number of carbonyl (C=O) groups is 2. The minimum atomic E-state index is -1.06. The van der Waals surface area contributed by atoms with E-state index in [1.54, 1.807) is 36.4 Å². The molecule has 0 aliphatic rings. The first-order valence-corrected chi connectivity index (χ1v) is 10.0. The number of amides is 1. The van der Waals surface area contributed by atoms with Crippen LogP contribution < -0.4 is 10.1 Å². The van der Waals surface area contributed by atoms with Crippen molar-refractivity contribution in [2.24, 2.45) is 0 Å². The highest BCUT2D eigenvalue weighted by Gasteiger charge is 2.10. The van der Waals surface area contributed by atoms with E-state index >= 15 is 0 Å². The molecule has 0 aromatic heterocycles. The van der Waals surface area contributed by atoms with Crippen LogP contribution in [0.5, 0.6) is 5.75 Å². The van der Waals surface area contributed by atoms with Gasteiger partial charge in [0.05, 0.1) is 15.6 Å². The number of carboxylic acids is 1. The number of nitrogens with zero attached hydrogens (tertiary/aromatic N) is 1. The van der Waals surface area contributed by atoms with Gasteiger partial charge in [0.25, 0.3) is 5.91 Å². The summed E-state index contributed by atoms with van der Waals surface area (Å²) in [4.78, 5) is 23.3. The van der Waals surface area contributed by atoms with Crippen molar-refractivity contribution in [2.45, 2.75) is 6.61 Å². The number of hydrogen-bond acceptors (Lipinski definition) is 4. The Morgan fingerprint density at radius 2 is 1.69 bits per heavy atom. The summed E-state index contributed by atoms with van der Waals surface area (Å²) in [5.41, 5.74) is 1.88. The zero-order chi connectivity index (χ0) is 23.1. The Kier molecular flexibility index (Phi) is 7.50. The summed E-state index contributed by atoms with van der Waals surface area (Å²) >= 11 is 11.9. The zero-order valence-electron chi connectivity index (χ0n) is 16.5. The van der Waals surface area contributed by atoms with Crippen LogP contribution in [-0.4, -0.2) is 17.0 Å². The summed E-state index contributed by atoms with van der Waals surface area (Å²) in [6.45, 7) is 0.304. The number of nitriles is 1. The molecule has 0 unspecified atom stereocenters. The fraction of sp³-hybridized carbons (Fsp3) is 0.0417. The van der Waals surface area contributed by atoms with Gasteiger partial charge in [-0.25, -0.2) is 4.79 Å². The molecule has 0 bridgehead atoms. The molecule has 2 N–H and O–H groups in total. The van der Waals surface area contributed by atoms with Gasteiger partial charge in [0.15, 0.2) is 0 Å². The third kappa shape index (κ3) is 6.11. The third-order valence-electron chi connectivity index (χ3n) is 4.34. The number of carbonyl (C=O) groups excluding carboxylic acids is 1. The number of benzene rings is 3. The van der Waals surface area contributed by atoms with Crippen molar-refractivity contribution < 1.29 is 19.4 Å². The van der Waals surface area contributed by atoms with Crippen molar-refractivity contribution in [3.8, 4) is 11.8 Å². The monoisotopic (exact) mass is 466 g/mol. The van der Waals surface area contributed by atoms with Gasteiger partial charge in [0.1, 0.15) is 24.0 Å². The van der Waals surface area contributed by atoms with Crippen LogP contribution in [0.15, 0.2) is 72.3 Å². The fourth-order valence-corrected chi connectivity index (χ4v) is 2.99. The van der Waals surface area contributed by atoms with Crippen LogP contribution in [-0.2, 0) is 11.4 Å². The van der Waals surface area contributed by atoms with E-state index in [2.05, 4.69) is 5.32 Å². The van der Waals surface area contributed by atoms with E-state index in [1.165, 1.54) is 30.3 Å². The lowest BCUT2D eigenvalue weighted by atomic mass is 10.1. The first-order valence-electron chi connectivity index (χ1n) is 9.29. The number of halogens is 2. The molecule has 0 radical (unpaired) electrons. The lowest BCUT2D eigenvalue weighted by Crippen LogP contribution is -2.13. The maximum Gasteiger partial charge on any atom is 0.335 e. The Bertz CT molecular complexity index is 1210. The molecule has 0 aliphatic heterocycles. The molecule has 0 saturated heterocycles. The van der Waals surface area contributed by atoms with Crippen molar-refractivity contribution >= 4 is 46.8 Å². The topological polar surface area (TPSA) is 99.4 Å². The number of aromatic carboxylic acids is 1. The van der Waals surface area contributed by atoms with E-state index in [0.29, 0.717) is 33.7 Å². The van der Waals surface area contributed by atoms with E-state index in [1.807, 2.05) is 12.1 Å². The molecule has 0 aliphatic carbocycles. The lowest BCUT2D eigenvalue weighted by Gasteiger charge is -2.08. The predicted octanol–water partition coefficient (Wildman–Crippen LogP) is 5.82. The van der Waals surface area contributed by atoms with E-state index in [9.17, 15) is 14.9 Å². The standard InChI is InChI=1S/C24H16Cl2N2O4/c25-21-10-3-16(12-22(21)26)14-32-20-8-1-15(2-9-20)11-18(13-27)23(29)28-19-6-4-17(5-7-19)24(30)31/h1-12H,14H2,(H,28,29)(H,30,31)/b18-11+. The molecule has 0 heterocycles. The first kappa shape index (κ1) is 22.9. The van der Waals surface area contributed by atoms with Gasteiger partial charge in [-0.1, -0.05) is 41.4 Å². The molecule has 3 aromatic carbocycles. The highest BCUT2D eigenvalue weighted by Crippen LogP contribution is 2.24. The molecule has 0 spiro atoms. The number of nitrogens with one attached hydrogen (secondary N) is 1. The minimum absolute atomic E-state index is 0.0977. The fourth-order valence-electron chi connectivity index (χ4n) is 2.67. The average Bonchev–Trinajstić information content (AvgIpc) is 2.79. The molecular weight excluding hydrogens is 451 g/mol. The number of carboxylic acid groups (broad SMARTS) is 1. The summed E-state index contributed by atoms with van der Waals surface area (Å²) in [6, 6.07) is 19.6. The summed E-state index contributed by atoms with van der Waals surface area (Å²) in [7, 11) is 0. The molecule has 6 nitrogen and oxygen atoms in total. The van der Waals surface area contributed by atoms with Crippen molar-refractivity contribution in [1.29, 1.82) is 5.26 Å². The van der Waals surface area contributed by atoms with Gasteiger partial charge in [-0.3, -0.25) is 4.79 Å². The van der Waals surface area contributed by atoms with Gasteiger partial charge in [-0.15, -0.1) is 0 Å². The van der Waals surface area contributed by atoms with Crippen molar-refractivity contribution in [3.05, 3.63) is 99.0 Å². The van der Waals surface area contributed by atoms with E-state index < -0.39 is 11.9 Å². The summed E-state index contributed by atoms with van der Waals surface area (Å²) in [6.07, 6.45) is 1.45. The second-order valence-corrected chi connectivity index (χ2v) is 7.43. The zero-order valence-corrected chi connectivity index (χ0v) is 18.0. The lowest BCUT2D eigenvalue weighted by molar-refractivity contribution is -0.112. The molecule has 3 rings (SSSR count). The van der Waals surface area contributed by atoms with Crippen LogP contribution in [0.4, 0.5) is 5.69 Å². The normalized spacial score (nSPS) is 10.8. The van der Waals surface area contributed by atoms with Crippen LogP contribution >= 0.6 is 23.2 Å². The molecule has 0 atom stereocenters. The van der Waals surface area contributed by atoms with E-state index in [-0.39, 0.29) is 11.1 Å². The maximum absolute atomic E-state index is 12.4. The Morgan fingerprint density at radius 1 is 1.00 bits per heavy atom. The molecule has 0 saturated carbocycles. The Hall–Kier alpha value is -3.79. The molecule has 32 heavy (non-hydrogen) atoms. The van der Waals surface area contributed by atoms with Crippen LogP contribution in [0.1, 0.15) is 21.5 Å². The number of rotatable bonds is 7. The van der Waals surface area contributed by atoms with Crippen LogP contribution in [0.3, 0.4) is 0 Å². The van der Waals surface area contributed by atoms with Gasteiger partial charge in [0.2, 0.25) is 0 Å². The van der Waals surface area contributed by atoms with Crippen LogP contribution in [0.25, 0.3) is 6.08 Å². The molecule has 3 aromatic rings. The predicted molar refractivity (Wildman–Crippen MR) is 123 cm³/mol. The second-order valence-electron chi connectivity index (χ2n) is 6.61. The smallest absolute Gasteiger partial charge is 0.335 e. The van der Waals surface area contributed by atoms with Crippen LogP contribution in [0, 0.1) is 11.3 Å². The largest absolute Gasteiger partial charge is 0.489 e. The summed E-state index contributed by atoms with van der Waals surface area (Å²) in [5.74, 6) is -1.06. The van der Waals surface area contributed by atoms with Gasteiger partial charge >= 0.3 is 5.97 Å². The van der Waals surface area contributed by atoms with Crippen molar-refractivity contribution in [2.75, 3.05) is 5.32 Å². The molecule has 0 fully saturated rings. The minimum Gasteiger partial charge on any atom is -0.489 e. The third-order valence-corrected chi connectivity index (χ3v) is 5.07. The highest BCUT2D eigenvalue weighted by molar-refractivity contribution is 6.42. The first-order chi connectivity index (χ1) is 15.4. The molecular formula is C24H16Cl2N2O4. The average molecular weight is 467 g/mol.